The normalized spacial score (nSPS) is 17.6. The number of nitrogens with zero attached hydrogens (tertiary/aromatic N) is 5. The van der Waals surface area contributed by atoms with E-state index in [1.54, 1.807) is 12.7 Å². The summed E-state index contributed by atoms with van der Waals surface area (Å²) in [4.78, 5) is 2.41. The molecule has 0 radical (unpaired) electrons. The van der Waals surface area contributed by atoms with Gasteiger partial charge < -0.3 is 9.47 Å². The minimum Gasteiger partial charge on any atom is -0.344 e. The Balaban J connectivity index is 1.74. The molecular formula is C16H19N5. The van der Waals surface area contributed by atoms with Gasteiger partial charge in [-0.3, -0.25) is 4.57 Å². The van der Waals surface area contributed by atoms with Crippen molar-refractivity contribution in [3.05, 3.63) is 43.1 Å². The summed E-state index contributed by atoms with van der Waals surface area (Å²) in [5, 5.41) is 9.07. The molecule has 0 N–H and O–H groups in total. The van der Waals surface area contributed by atoms with Gasteiger partial charge in [-0.1, -0.05) is 6.07 Å². The third kappa shape index (κ3) is 2.23. The average molecular weight is 281 g/mol. The van der Waals surface area contributed by atoms with Gasteiger partial charge in [-0.2, -0.15) is 0 Å². The van der Waals surface area contributed by atoms with Crippen LogP contribution < -0.4 is 0 Å². The fraction of sp³-hybridized carbons (Fsp3) is 0.375. The van der Waals surface area contributed by atoms with Gasteiger partial charge in [0.2, 0.25) is 0 Å². The Morgan fingerprint density at radius 2 is 1.81 bits per heavy atom. The first-order valence-electron chi connectivity index (χ1n) is 7.45. The van der Waals surface area contributed by atoms with Crippen molar-refractivity contribution in [3.63, 3.8) is 0 Å². The topological polar surface area (TPSA) is 38.9 Å². The molecule has 1 aliphatic heterocycles. The Morgan fingerprint density at radius 1 is 1.05 bits per heavy atom. The van der Waals surface area contributed by atoms with Crippen LogP contribution in [0.15, 0.2) is 43.1 Å². The van der Waals surface area contributed by atoms with Crippen molar-refractivity contribution in [1.82, 2.24) is 24.2 Å². The smallest absolute Gasteiger partial charge is 0.123 e. The molecule has 0 bridgehead atoms. The van der Waals surface area contributed by atoms with Crippen LogP contribution >= 0.6 is 0 Å². The van der Waals surface area contributed by atoms with E-state index >= 15 is 0 Å². The lowest BCUT2D eigenvalue weighted by molar-refractivity contribution is 0.224. The van der Waals surface area contributed by atoms with E-state index < -0.39 is 0 Å². The number of rotatable bonds is 2. The summed E-state index contributed by atoms with van der Waals surface area (Å²) < 4.78 is 4.39. The van der Waals surface area contributed by atoms with Gasteiger partial charge in [-0.15, -0.1) is 10.2 Å². The van der Waals surface area contributed by atoms with E-state index in [9.17, 15) is 0 Å². The summed E-state index contributed by atoms with van der Waals surface area (Å²) in [6.07, 6.45) is 8.15. The van der Waals surface area contributed by atoms with Crippen LogP contribution in [0, 0.1) is 0 Å². The molecule has 1 aromatic carbocycles. The fourth-order valence-electron chi connectivity index (χ4n) is 3.22. The molecule has 108 valence electrons. The van der Waals surface area contributed by atoms with Gasteiger partial charge in [0.1, 0.15) is 12.7 Å². The molecule has 21 heavy (non-hydrogen) atoms. The zero-order valence-corrected chi connectivity index (χ0v) is 12.2. The van der Waals surface area contributed by atoms with Gasteiger partial charge in [-0.05, 0) is 56.6 Å². The van der Waals surface area contributed by atoms with E-state index in [1.165, 1.54) is 36.8 Å². The number of hydrogen-bond acceptors (Lipinski definition) is 3. The summed E-state index contributed by atoms with van der Waals surface area (Å²) in [5.74, 6) is 0. The first-order valence-corrected chi connectivity index (χ1v) is 7.45. The Labute approximate surface area is 123 Å². The summed E-state index contributed by atoms with van der Waals surface area (Å²) in [5.41, 5.74) is 2.41. The van der Waals surface area contributed by atoms with E-state index in [1.807, 2.05) is 4.57 Å². The Kier molecular flexibility index (Phi) is 3.00. The van der Waals surface area contributed by atoms with Crippen molar-refractivity contribution in [2.75, 3.05) is 20.1 Å². The van der Waals surface area contributed by atoms with Crippen LogP contribution in [0.5, 0.6) is 0 Å². The van der Waals surface area contributed by atoms with Crippen LogP contribution in [0.4, 0.5) is 0 Å². The maximum atomic E-state index is 3.89. The van der Waals surface area contributed by atoms with Crippen LogP contribution in [0.25, 0.3) is 16.6 Å². The number of likely N-dealkylation sites (tertiary alicyclic amines) is 1. The standard InChI is InChI=1S/C16H19N5/c1-19-7-5-14(6-8-19)21-9-4-13-2-3-15(10-16(13)21)20-11-17-18-12-20/h2-4,9-12,14H,5-8H2,1H3. The molecule has 0 atom stereocenters. The van der Waals surface area contributed by atoms with Crippen molar-refractivity contribution >= 4 is 10.9 Å². The minimum absolute atomic E-state index is 0.606. The molecule has 3 aromatic rings. The molecule has 0 amide bonds. The molecule has 2 aromatic heterocycles. The van der Waals surface area contributed by atoms with E-state index in [2.05, 4.69) is 57.2 Å². The lowest BCUT2D eigenvalue weighted by atomic mass is 10.1. The number of aromatic nitrogens is 4. The predicted octanol–water partition coefficient (Wildman–Crippen LogP) is 2.49. The van der Waals surface area contributed by atoms with Gasteiger partial charge in [-0.25, -0.2) is 0 Å². The van der Waals surface area contributed by atoms with E-state index in [-0.39, 0.29) is 0 Å². The third-order valence-electron chi connectivity index (χ3n) is 4.51. The molecule has 1 aliphatic rings. The maximum absolute atomic E-state index is 3.89. The average Bonchev–Trinajstić information content (AvgIpc) is 3.17. The zero-order chi connectivity index (χ0) is 14.2. The van der Waals surface area contributed by atoms with Crippen LogP contribution in [0.2, 0.25) is 0 Å². The van der Waals surface area contributed by atoms with Crippen molar-refractivity contribution in [2.24, 2.45) is 0 Å². The van der Waals surface area contributed by atoms with Crippen LogP contribution in [-0.4, -0.2) is 44.4 Å². The largest absolute Gasteiger partial charge is 0.344 e. The van der Waals surface area contributed by atoms with E-state index in [0.717, 1.165) is 5.69 Å². The summed E-state index contributed by atoms with van der Waals surface area (Å²) in [6, 6.07) is 9.34. The van der Waals surface area contributed by atoms with Crippen molar-refractivity contribution in [1.29, 1.82) is 0 Å². The third-order valence-corrected chi connectivity index (χ3v) is 4.51. The molecule has 0 aliphatic carbocycles. The van der Waals surface area contributed by atoms with Gasteiger partial charge in [0.05, 0.1) is 11.2 Å². The highest BCUT2D eigenvalue weighted by molar-refractivity contribution is 5.82. The second-order valence-corrected chi connectivity index (χ2v) is 5.87. The van der Waals surface area contributed by atoms with Gasteiger partial charge in [0.25, 0.3) is 0 Å². The first kappa shape index (κ1) is 12.6. The van der Waals surface area contributed by atoms with Crippen LogP contribution in [-0.2, 0) is 0 Å². The Morgan fingerprint density at radius 3 is 2.57 bits per heavy atom. The second-order valence-electron chi connectivity index (χ2n) is 5.87. The molecule has 5 nitrogen and oxygen atoms in total. The molecule has 0 spiro atoms. The molecular weight excluding hydrogens is 262 g/mol. The summed E-state index contributed by atoms with van der Waals surface area (Å²) in [6.45, 7) is 2.35. The van der Waals surface area contributed by atoms with Crippen molar-refractivity contribution < 1.29 is 0 Å². The molecule has 4 rings (SSSR count). The first-order chi connectivity index (χ1) is 10.3. The Bertz CT molecular complexity index is 735. The minimum atomic E-state index is 0.606. The summed E-state index contributed by atoms with van der Waals surface area (Å²) >= 11 is 0. The van der Waals surface area contributed by atoms with Gasteiger partial charge >= 0.3 is 0 Å². The molecule has 0 unspecified atom stereocenters. The molecule has 3 heterocycles. The van der Waals surface area contributed by atoms with Gasteiger partial charge in [0.15, 0.2) is 0 Å². The molecule has 1 fully saturated rings. The fourth-order valence-corrected chi connectivity index (χ4v) is 3.22. The van der Waals surface area contributed by atoms with Crippen LogP contribution in [0.1, 0.15) is 18.9 Å². The number of hydrogen-bond donors (Lipinski definition) is 0. The number of piperidine rings is 1. The lowest BCUT2D eigenvalue weighted by Gasteiger charge is -2.30. The second kappa shape index (κ2) is 5.00. The van der Waals surface area contributed by atoms with Gasteiger partial charge in [0, 0.05) is 12.2 Å². The van der Waals surface area contributed by atoms with Crippen LogP contribution in [0.3, 0.4) is 0 Å². The molecule has 5 heteroatoms. The van der Waals surface area contributed by atoms with Crippen molar-refractivity contribution in [3.8, 4) is 5.69 Å². The Hall–Kier alpha value is -2.14. The molecule has 0 saturated carbocycles. The highest BCUT2D eigenvalue weighted by Crippen LogP contribution is 2.28. The lowest BCUT2D eigenvalue weighted by Crippen LogP contribution is -2.31. The number of benzene rings is 1. The quantitative estimate of drug-likeness (QED) is 0.724. The highest BCUT2D eigenvalue weighted by Gasteiger charge is 2.19. The van der Waals surface area contributed by atoms with E-state index in [0.29, 0.717) is 6.04 Å². The predicted molar refractivity (Wildman–Crippen MR) is 82.6 cm³/mol. The zero-order valence-electron chi connectivity index (χ0n) is 12.2. The van der Waals surface area contributed by atoms with Crippen molar-refractivity contribution in [2.45, 2.75) is 18.9 Å². The highest BCUT2D eigenvalue weighted by atomic mass is 15.2. The monoisotopic (exact) mass is 281 g/mol. The SMILES string of the molecule is CN1CCC(n2ccc3ccc(-n4cnnc4)cc32)CC1. The maximum Gasteiger partial charge on any atom is 0.123 e. The molecule has 1 saturated heterocycles. The number of fused-ring (bicyclic) bond motifs is 1. The summed E-state index contributed by atoms with van der Waals surface area (Å²) in [7, 11) is 2.20. The van der Waals surface area contributed by atoms with E-state index in [4.69, 9.17) is 0 Å².